The lowest BCUT2D eigenvalue weighted by atomic mass is 10.0. The fourth-order valence-corrected chi connectivity index (χ4v) is 3.69. The first-order valence-electron chi connectivity index (χ1n) is 11.1. The zero-order chi connectivity index (χ0) is 18.2. The standard InChI is InChI=1S/C22H41NO2/c1-2-3-4-5-6-7-8-9-10-11-12-13-14-15-16-18-21(24)23-20-17-19-22(23)25/h2-20H2,1H3. The summed E-state index contributed by atoms with van der Waals surface area (Å²) in [5, 5.41) is 0. The maximum absolute atomic E-state index is 11.9. The molecule has 1 fully saturated rings. The smallest absolute Gasteiger partial charge is 0.229 e. The van der Waals surface area contributed by atoms with Crippen molar-refractivity contribution in [2.45, 2.75) is 122 Å². The van der Waals surface area contributed by atoms with Gasteiger partial charge in [0.05, 0.1) is 0 Å². The highest BCUT2D eigenvalue weighted by atomic mass is 16.2. The van der Waals surface area contributed by atoms with Gasteiger partial charge in [-0.1, -0.05) is 96.8 Å². The molecular formula is C22H41NO2. The fourth-order valence-electron chi connectivity index (χ4n) is 3.69. The molecule has 0 N–H and O–H groups in total. The van der Waals surface area contributed by atoms with Crippen LogP contribution in [0, 0.1) is 0 Å². The molecule has 0 atom stereocenters. The molecule has 1 heterocycles. The number of amides is 2. The molecule has 3 nitrogen and oxygen atoms in total. The average Bonchev–Trinajstić information content (AvgIpc) is 3.04. The van der Waals surface area contributed by atoms with Crippen molar-refractivity contribution >= 4 is 11.8 Å². The fraction of sp³-hybridized carbons (Fsp3) is 0.909. The van der Waals surface area contributed by atoms with Crippen LogP contribution in [-0.4, -0.2) is 23.3 Å². The van der Waals surface area contributed by atoms with E-state index in [4.69, 9.17) is 0 Å². The molecule has 0 unspecified atom stereocenters. The Morgan fingerprint density at radius 2 is 1.20 bits per heavy atom. The van der Waals surface area contributed by atoms with Gasteiger partial charge in [-0.3, -0.25) is 14.5 Å². The lowest BCUT2D eigenvalue weighted by molar-refractivity contribution is -0.141. The summed E-state index contributed by atoms with van der Waals surface area (Å²) in [6.07, 6.45) is 22.0. The predicted octanol–water partition coefficient (Wildman–Crippen LogP) is 6.40. The van der Waals surface area contributed by atoms with Crippen molar-refractivity contribution in [1.82, 2.24) is 4.90 Å². The van der Waals surface area contributed by atoms with Crippen molar-refractivity contribution in [2.75, 3.05) is 6.54 Å². The molecule has 1 rings (SSSR count). The van der Waals surface area contributed by atoms with Crippen LogP contribution in [0.25, 0.3) is 0 Å². The average molecular weight is 352 g/mol. The van der Waals surface area contributed by atoms with Crippen molar-refractivity contribution in [1.29, 1.82) is 0 Å². The number of nitrogens with zero attached hydrogens (tertiary/aromatic N) is 1. The zero-order valence-corrected chi connectivity index (χ0v) is 16.7. The minimum atomic E-state index is 0.0333. The molecule has 1 aliphatic rings. The Bertz CT molecular complexity index is 354. The summed E-state index contributed by atoms with van der Waals surface area (Å²) in [5.41, 5.74) is 0. The van der Waals surface area contributed by atoms with E-state index in [1.165, 1.54) is 88.4 Å². The minimum absolute atomic E-state index is 0.0333. The minimum Gasteiger partial charge on any atom is -0.283 e. The zero-order valence-electron chi connectivity index (χ0n) is 16.7. The number of hydrogen-bond acceptors (Lipinski definition) is 2. The highest BCUT2D eigenvalue weighted by Crippen LogP contribution is 2.15. The summed E-state index contributed by atoms with van der Waals surface area (Å²) in [6.45, 7) is 2.92. The molecule has 3 heteroatoms. The van der Waals surface area contributed by atoms with Gasteiger partial charge in [-0.25, -0.2) is 0 Å². The number of carbonyl (C=O) groups is 2. The number of rotatable bonds is 16. The summed E-state index contributed by atoms with van der Waals surface area (Å²) in [4.78, 5) is 24.8. The molecular weight excluding hydrogens is 310 g/mol. The normalized spacial score (nSPS) is 14.4. The molecule has 25 heavy (non-hydrogen) atoms. The number of imide groups is 1. The van der Waals surface area contributed by atoms with E-state index < -0.39 is 0 Å². The van der Waals surface area contributed by atoms with Crippen molar-refractivity contribution in [3.8, 4) is 0 Å². The molecule has 146 valence electrons. The third kappa shape index (κ3) is 11.4. The second kappa shape index (κ2) is 15.4. The largest absolute Gasteiger partial charge is 0.283 e. The highest BCUT2D eigenvalue weighted by Gasteiger charge is 2.25. The van der Waals surface area contributed by atoms with E-state index in [0.717, 1.165) is 19.3 Å². The molecule has 0 spiro atoms. The van der Waals surface area contributed by atoms with Crippen LogP contribution in [0.1, 0.15) is 122 Å². The summed E-state index contributed by atoms with van der Waals surface area (Å²) >= 11 is 0. The van der Waals surface area contributed by atoms with Crippen molar-refractivity contribution in [3.05, 3.63) is 0 Å². The van der Waals surface area contributed by atoms with Crippen LogP contribution in [-0.2, 0) is 9.59 Å². The Morgan fingerprint density at radius 1 is 0.760 bits per heavy atom. The van der Waals surface area contributed by atoms with Crippen LogP contribution in [0.3, 0.4) is 0 Å². The summed E-state index contributed by atoms with van der Waals surface area (Å²) < 4.78 is 0. The maximum atomic E-state index is 11.9. The molecule has 0 saturated carbocycles. The van der Waals surface area contributed by atoms with Gasteiger partial charge in [0.25, 0.3) is 0 Å². The summed E-state index contributed by atoms with van der Waals surface area (Å²) in [7, 11) is 0. The van der Waals surface area contributed by atoms with Gasteiger partial charge in [-0.15, -0.1) is 0 Å². The molecule has 0 bridgehead atoms. The Kier molecular flexibility index (Phi) is 13.7. The third-order valence-electron chi connectivity index (χ3n) is 5.37. The van der Waals surface area contributed by atoms with E-state index in [1.54, 1.807) is 0 Å². The Hall–Kier alpha value is -0.860. The Morgan fingerprint density at radius 3 is 1.60 bits per heavy atom. The first kappa shape index (κ1) is 22.2. The SMILES string of the molecule is CCCCCCCCCCCCCCCCCC(=O)N1CCCC1=O. The molecule has 2 amide bonds. The molecule has 0 aromatic rings. The van der Waals surface area contributed by atoms with Crippen LogP contribution in [0.15, 0.2) is 0 Å². The summed E-state index contributed by atoms with van der Waals surface area (Å²) in [6, 6.07) is 0. The third-order valence-corrected chi connectivity index (χ3v) is 5.37. The van der Waals surface area contributed by atoms with Gasteiger partial charge in [0.1, 0.15) is 0 Å². The first-order chi connectivity index (χ1) is 12.3. The van der Waals surface area contributed by atoms with E-state index in [2.05, 4.69) is 6.92 Å². The first-order valence-corrected chi connectivity index (χ1v) is 11.1. The number of likely N-dealkylation sites (tertiary alicyclic amines) is 1. The van der Waals surface area contributed by atoms with Gasteiger partial charge in [0, 0.05) is 19.4 Å². The van der Waals surface area contributed by atoms with E-state index >= 15 is 0 Å². The molecule has 0 aromatic carbocycles. The van der Waals surface area contributed by atoms with Crippen molar-refractivity contribution in [3.63, 3.8) is 0 Å². The van der Waals surface area contributed by atoms with Gasteiger partial charge in [-0.05, 0) is 12.8 Å². The molecule has 0 radical (unpaired) electrons. The Balaban J connectivity index is 1.76. The number of carbonyl (C=O) groups excluding carboxylic acids is 2. The van der Waals surface area contributed by atoms with Crippen molar-refractivity contribution < 1.29 is 9.59 Å². The van der Waals surface area contributed by atoms with Gasteiger partial charge in [-0.2, -0.15) is 0 Å². The molecule has 0 aliphatic carbocycles. The maximum Gasteiger partial charge on any atom is 0.229 e. The number of hydrogen-bond donors (Lipinski definition) is 0. The van der Waals surface area contributed by atoms with Crippen molar-refractivity contribution in [2.24, 2.45) is 0 Å². The van der Waals surface area contributed by atoms with E-state index in [0.29, 0.717) is 19.4 Å². The van der Waals surface area contributed by atoms with Gasteiger partial charge in [0.2, 0.25) is 11.8 Å². The van der Waals surface area contributed by atoms with Crippen LogP contribution in [0.5, 0.6) is 0 Å². The van der Waals surface area contributed by atoms with E-state index in [-0.39, 0.29) is 11.8 Å². The van der Waals surface area contributed by atoms with Crippen LogP contribution in [0.2, 0.25) is 0 Å². The molecule has 1 aliphatic heterocycles. The monoisotopic (exact) mass is 351 g/mol. The lowest BCUT2D eigenvalue weighted by Gasteiger charge is -2.12. The van der Waals surface area contributed by atoms with Crippen LogP contribution >= 0.6 is 0 Å². The Labute approximate surface area is 155 Å². The lowest BCUT2D eigenvalue weighted by Crippen LogP contribution is -2.31. The van der Waals surface area contributed by atoms with Gasteiger partial charge >= 0.3 is 0 Å². The number of unbranched alkanes of at least 4 members (excludes halogenated alkanes) is 14. The molecule has 1 saturated heterocycles. The summed E-state index contributed by atoms with van der Waals surface area (Å²) in [5.74, 6) is 0.0863. The highest BCUT2D eigenvalue weighted by molar-refractivity contribution is 5.96. The van der Waals surface area contributed by atoms with Crippen LogP contribution < -0.4 is 0 Å². The second-order valence-corrected chi connectivity index (χ2v) is 7.74. The molecule has 0 aromatic heterocycles. The van der Waals surface area contributed by atoms with Gasteiger partial charge in [0.15, 0.2) is 0 Å². The quantitative estimate of drug-likeness (QED) is 0.302. The topological polar surface area (TPSA) is 37.4 Å². The van der Waals surface area contributed by atoms with Gasteiger partial charge < -0.3 is 0 Å². The second-order valence-electron chi connectivity index (χ2n) is 7.74. The predicted molar refractivity (Wildman–Crippen MR) is 106 cm³/mol. The van der Waals surface area contributed by atoms with Crippen LogP contribution in [0.4, 0.5) is 0 Å². The van der Waals surface area contributed by atoms with E-state index in [9.17, 15) is 9.59 Å². The van der Waals surface area contributed by atoms with E-state index in [1.807, 2.05) is 0 Å².